The second-order valence-electron chi connectivity index (χ2n) is 1.74. The minimum Gasteiger partial charge on any atom is -0.272 e. The zero-order valence-electron chi connectivity index (χ0n) is 6.09. The van der Waals surface area contributed by atoms with Gasteiger partial charge in [0.1, 0.15) is 0 Å². The Kier molecular flexibility index (Phi) is 4.79. The monoisotopic (exact) mass is 123 g/mol. The molecule has 0 aromatic rings. The van der Waals surface area contributed by atoms with E-state index in [1.807, 2.05) is 19.1 Å². The number of allylic oxidation sites excluding steroid dienone is 3. The molecule has 0 aromatic heterocycles. The lowest BCUT2D eigenvalue weighted by atomic mass is 10.2. The highest BCUT2D eigenvalue weighted by atomic mass is 14.6. The van der Waals surface area contributed by atoms with E-state index in [9.17, 15) is 0 Å². The molecule has 0 aliphatic carbocycles. The van der Waals surface area contributed by atoms with E-state index in [-0.39, 0.29) is 0 Å². The second kappa shape index (κ2) is 5.29. The smallest absolute Gasteiger partial charge is 0.0292 e. The number of aliphatic imine (C=N–C) groups is 1. The summed E-state index contributed by atoms with van der Waals surface area (Å²) < 4.78 is 0. The lowest BCUT2D eigenvalue weighted by Gasteiger charge is -1.90. The average molecular weight is 123 g/mol. The van der Waals surface area contributed by atoms with Crippen LogP contribution in [-0.4, -0.2) is 6.72 Å². The van der Waals surface area contributed by atoms with E-state index >= 15 is 0 Å². The quantitative estimate of drug-likeness (QED) is 0.404. The Labute approximate surface area is 56.8 Å². The Bertz CT molecular complexity index is 132. The molecule has 1 nitrogen and oxygen atoms in total. The van der Waals surface area contributed by atoms with E-state index in [4.69, 9.17) is 0 Å². The maximum atomic E-state index is 3.66. The molecule has 0 aliphatic rings. The van der Waals surface area contributed by atoms with E-state index in [1.165, 1.54) is 5.57 Å². The van der Waals surface area contributed by atoms with Gasteiger partial charge in [0.05, 0.1) is 0 Å². The molecule has 1 heteroatoms. The van der Waals surface area contributed by atoms with Gasteiger partial charge in [-0.3, -0.25) is 4.99 Å². The highest BCUT2D eigenvalue weighted by molar-refractivity contribution is 5.28. The Balaban J connectivity index is 3.96. The molecule has 0 bridgehead atoms. The van der Waals surface area contributed by atoms with Gasteiger partial charge in [-0.05, 0) is 25.6 Å². The average Bonchev–Trinajstić information content (AvgIpc) is 1.88. The van der Waals surface area contributed by atoms with Gasteiger partial charge in [0.25, 0.3) is 0 Å². The minimum absolute atomic E-state index is 1.02. The number of hydrogen-bond acceptors (Lipinski definition) is 1. The third kappa shape index (κ3) is 3.71. The van der Waals surface area contributed by atoms with Crippen molar-refractivity contribution in [3.8, 4) is 0 Å². The number of hydrogen-bond donors (Lipinski definition) is 0. The molecule has 0 heterocycles. The first kappa shape index (κ1) is 8.15. The lowest BCUT2D eigenvalue weighted by molar-refractivity contribution is 1.14. The molecule has 0 aromatic carbocycles. The maximum absolute atomic E-state index is 3.66. The SMILES string of the molecule is C=N/C=C(\C=C/C)CC. The predicted octanol–water partition coefficient (Wildman–Crippen LogP) is 2.56. The molecule has 0 unspecified atom stereocenters. The zero-order valence-corrected chi connectivity index (χ0v) is 6.09. The molecule has 0 radical (unpaired) electrons. The predicted molar refractivity (Wildman–Crippen MR) is 42.7 cm³/mol. The number of nitrogens with zero attached hydrogens (tertiary/aromatic N) is 1. The Morgan fingerprint density at radius 1 is 1.67 bits per heavy atom. The number of rotatable bonds is 3. The molecule has 9 heavy (non-hydrogen) atoms. The van der Waals surface area contributed by atoms with Crippen LogP contribution in [0.5, 0.6) is 0 Å². The third-order valence-electron chi connectivity index (χ3n) is 1.05. The van der Waals surface area contributed by atoms with Crippen LogP contribution in [0.4, 0.5) is 0 Å². The fraction of sp³-hybridized carbons (Fsp3) is 0.375. The topological polar surface area (TPSA) is 12.4 Å². The van der Waals surface area contributed by atoms with E-state index in [2.05, 4.69) is 18.6 Å². The Morgan fingerprint density at radius 3 is 2.67 bits per heavy atom. The van der Waals surface area contributed by atoms with Crippen LogP contribution < -0.4 is 0 Å². The van der Waals surface area contributed by atoms with E-state index in [0.717, 1.165) is 6.42 Å². The Morgan fingerprint density at radius 2 is 2.33 bits per heavy atom. The molecule has 0 fully saturated rings. The lowest BCUT2D eigenvalue weighted by Crippen LogP contribution is -1.70. The summed E-state index contributed by atoms with van der Waals surface area (Å²) >= 11 is 0. The molecule has 0 saturated heterocycles. The maximum Gasteiger partial charge on any atom is 0.0292 e. The summed E-state index contributed by atoms with van der Waals surface area (Å²) in [5, 5.41) is 0. The molecule has 0 amide bonds. The molecular weight excluding hydrogens is 110 g/mol. The van der Waals surface area contributed by atoms with Gasteiger partial charge >= 0.3 is 0 Å². The van der Waals surface area contributed by atoms with Crippen molar-refractivity contribution in [3.05, 3.63) is 23.9 Å². The van der Waals surface area contributed by atoms with Crippen LogP contribution in [0, 0.1) is 0 Å². The van der Waals surface area contributed by atoms with Gasteiger partial charge in [-0.15, -0.1) is 0 Å². The van der Waals surface area contributed by atoms with Crippen LogP contribution in [0.2, 0.25) is 0 Å². The Hall–Kier alpha value is -0.850. The summed E-state index contributed by atoms with van der Waals surface area (Å²) in [5.74, 6) is 0. The van der Waals surface area contributed by atoms with Crippen molar-refractivity contribution in [1.82, 2.24) is 0 Å². The highest BCUT2D eigenvalue weighted by Gasteiger charge is 1.81. The molecule has 50 valence electrons. The third-order valence-corrected chi connectivity index (χ3v) is 1.05. The van der Waals surface area contributed by atoms with Crippen molar-refractivity contribution in [3.63, 3.8) is 0 Å². The van der Waals surface area contributed by atoms with Gasteiger partial charge in [-0.1, -0.05) is 19.1 Å². The van der Waals surface area contributed by atoms with Crippen LogP contribution in [0.15, 0.2) is 28.9 Å². The molecule has 0 spiro atoms. The fourth-order valence-corrected chi connectivity index (χ4v) is 0.584. The van der Waals surface area contributed by atoms with Gasteiger partial charge in [0.15, 0.2) is 0 Å². The molecular formula is C8H13N. The summed E-state index contributed by atoms with van der Waals surface area (Å²) in [5.41, 5.74) is 1.22. The zero-order chi connectivity index (χ0) is 7.11. The van der Waals surface area contributed by atoms with Crippen LogP contribution in [0.1, 0.15) is 20.3 Å². The van der Waals surface area contributed by atoms with Crippen molar-refractivity contribution in [2.24, 2.45) is 4.99 Å². The van der Waals surface area contributed by atoms with Crippen LogP contribution >= 0.6 is 0 Å². The standard InChI is InChI=1S/C8H13N/c1-4-6-8(5-2)7-9-3/h4,6-7H,3,5H2,1-2H3/b6-4-,8-7-. The molecule has 0 saturated carbocycles. The van der Waals surface area contributed by atoms with E-state index < -0.39 is 0 Å². The molecule has 0 atom stereocenters. The van der Waals surface area contributed by atoms with Crippen molar-refractivity contribution in [2.75, 3.05) is 0 Å². The van der Waals surface area contributed by atoms with Gasteiger partial charge in [0, 0.05) is 6.20 Å². The normalized spacial score (nSPS) is 12.4. The summed E-state index contributed by atoms with van der Waals surface area (Å²) in [4.78, 5) is 3.66. The fourth-order valence-electron chi connectivity index (χ4n) is 0.584. The summed E-state index contributed by atoms with van der Waals surface area (Å²) in [7, 11) is 0. The molecule has 0 aliphatic heterocycles. The van der Waals surface area contributed by atoms with Gasteiger partial charge < -0.3 is 0 Å². The first-order chi connectivity index (χ1) is 4.35. The van der Waals surface area contributed by atoms with E-state index in [1.54, 1.807) is 6.20 Å². The van der Waals surface area contributed by atoms with Gasteiger partial charge in [-0.2, -0.15) is 0 Å². The minimum atomic E-state index is 1.02. The highest BCUT2D eigenvalue weighted by Crippen LogP contribution is 2.01. The molecule has 0 rings (SSSR count). The second-order valence-corrected chi connectivity index (χ2v) is 1.74. The van der Waals surface area contributed by atoms with E-state index in [0.29, 0.717) is 0 Å². The largest absolute Gasteiger partial charge is 0.272 e. The molecule has 0 N–H and O–H groups in total. The van der Waals surface area contributed by atoms with Crippen LogP contribution in [0.25, 0.3) is 0 Å². The van der Waals surface area contributed by atoms with Gasteiger partial charge in [-0.25, -0.2) is 0 Å². The van der Waals surface area contributed by atoms with Crippen LogP contribution in [0.3, 0.4) is 0 Å². The van der Waals surface area contributed by atoms with Crippen molar-refractivity contribution in [2.45, 2.75) is 20.3 Å². The summed E-state index contributed by atoms with van der Waals surface area (Å²) in [6.45, 7) is 7.46. The van der Waals surface area contributed by atoms with Crippen molar-refractivity contribution >= 4 is 6.72 Å². The summed E-state index contributed by atoms with van der Waals surface area (Å²) in [6.07, 6.45) is 6.83. The van der Waals surface area contributed by atoms with Crippen molar-refractivity contribution < 1.29 is 0 Å². The van der Waals surface area contributed by atoms with Crippen molar-refractivity contribution in [1.29, 1.82) is 0 Å². The first-order valence-electron chi connectivity index (χ1n) is 3.12. The van der Waals surface area contributed by atoms with Crippen LogP contribution in [-0.2, 0) is 0 Å². The first-order valence-corrected chi connectivity index (χ1v) is 3.12. The summed E-state index contributed by atoms with van der Waals surface area (Å²) in [6, 6.07) is 0. The van der Waals surface area contributed by atoms with Gasteiger partial charge in [0.2, 0.25) is 0 Å².